The lowest BCUT2D eigenvalue weighted by Crippen LogP contribution is -2.36. The van der Waals surface area contributed by atoms with Gasteiger partial charge in [-0.25, -0.2) is 4.79 Å². The minimum absolute atomic E-state index is 0.000863. The molecule has 1 heterocycles. The SMILES string of the molecule is C#CCc1cc(COC(=O)C(Nc2cccc(C(C)=O)c2)C(C)C)c(C)o1. The summed E-state index contributed by atoms with van der Waals surface area (Å²) < 4.78 is 11.0. The summed E-state index contributed by atoms with van der Waals surface area (Å²) in [6.07, 6.45) is 5.69. The predicted octanol–water partition coefficient (Wildman–Crippen LogP) is 4.15. The van der Waals surface area contributed by atoms with Crippen molar-refractivity contribution >= 4 is 17.4 Å². The summed E-state index contributed by atoms with van der Waals surface area (Å²) in [5.41, 5.74) is 2.09. The molecule has 27 heavy (non-hydrogen) atoms. The lowest BCUT2D eigenvalue weighted by molar-refractivity contribution is -0.146. The number of hydrogen-bond donors (Lipinski definition) is 1. The number of rotatable bonds is 8. The zero-order valence-electron chi connectivity index (χ0n) is 16.2. The van der Waals surface area contributed by atoms with Gasteiger partial charge in [0.15, 0.2) is 5.78 Å². The van der Waals surface area contributed by atoms with Gasteiger partial charge in [-0.15, -0.1) is 6.42 Å². The average molecular weight is 367 g/mol. The van der Waals surface area contributed by atoms with Crippen LogP contribution in [0, 0.1) is 25.2 Å². The van der Waals surface area contributed by atoms with Gasteiger partial charge in [-0.1, -0.05) is 31.9 Å². The molecule has 1 N–H and O–H groups in total. The molecule has 0 spiro atoms. The summed E-state index contributed by atoms with van der Waals surface area (Å²) in [7, 11) is 0. The number of aryl methyl sites for hydroxylation is 1. The van der Waals surface area contributed by atoms with E-state index in [0.717, 1.165) is 5.56 Å². The predicted molar refractivity (Wildman–Crippen MR) is 104 cm³/mol. The van der Waals surface area contributed by atoms with Crippen LogP contribution in [0.5, 0.6) is 0 Å². The first-order chi connectivity index (χ1) is 12.8. The number of furan rings is 1. The molecule has 0 saturated carbocycles. The monoisotopic (exact) mass is 367 g/mol. The molecule has 1 unspecified atom stereocenters. The Morgan fingerprint density at radius 1 is 1.30 bits per heavy atom. The topological polar surface area (TPSA) is 68.5 Å². The van der Waals surface area contributed by atoms with Crippen LogP contribution >= 0.6 is 0 Å². The van der Waals surface area contributed by atoms with Crippen LogP contribution in [0.3, 0.4) is 0 Å². The molecule has 0 fully saturated rings. The molecule has 0 saturated heterocycles. The molecule has 1 aromatic heterocycles. The third kappa shape index (κ3) is 5.49. The van der Waals surface area contributed by atoms with E-state index >= 15 is 0 Å². The summed E-state index contributed by atoms with van der Waals surface area (Å²) in [5, 5.41) is 3.17. The minimum Gasteiger partial charge on any atom is -0.465 e. The van der Waals surface area contributed by atoms with Gasteiger partial charge in [0.05, 0.1) is 6.42 Å². The third-order valence-corrected chi connectivity index (χ3v) is 4.23. The van der Waals surface area contributed by atoms with Crippen molar-refractivity contribution in [3.05, 3.63) is 53.0 Å². The average Bonchev–Trinajstić information content (AvgIpc) is 2.97. The number of ketones is 1. The highest BCUT2D eigenvalue weighted by molar-refractivity contribution is 5.95. The number of Topliss-reactive ketones (excluding diaryl/α,β-unsaturated/α-hetero) is 1. The molecule has 142 valence electrons. The fourth-order valence-electron chi connectivity index (χ4n) is 2.66. The number of terminal acetylenes is 1. The molecule has 0 amide bonds. The summed E-state index contributed by atoms with van der Waals surface area (Å²) in [6, 6.07) is 8.36. The number of carbonyl (C=O) groups is 2. The highest BCUT2D eigenvalue weighted by Gasteiger charge is 2.24. The van der Waals surface area contributed by atoms with Crippen molar-refractivity contribution in [2.24, 2.45) is 5.92 Å². The molecular formula is C22H25NO4. The maximum Gasteiger partial charge on any atom is 0.329 e. The van der Waals surface area contributed by atoms with Crippen LogP contribution in [0.4, 0.5) is 5.69 Å². The molecule has 1 aromatic carbocycles. The second-order valence-corrected chi connectivity index (χ2v) is 6.79. The van der Waals surface area contributed by atoms with Crippen molar-refractivity contribution in [1.29, 1.82) is 0 Å². The van der Waals surface area contributed by atoms with Crippen LogP contribution in [-0.4, -0.2) is 17.8 Å². The number of esters is 1. The van der Waals surface area contributed by atoms with E-state index in [1.54, 1.807) is 18.2 Å². The quantitative estimate of drug-likeness (QED) is 0.431. The van der Waals surface area contributed by atoms with E-state index in [9.17, 15) is 9.59 Å². The van der Waals surface area contributed by atoms with Gasteiger partial charge in [0.2, 0.25) is 0 Å². The Hall–Kier alpha value is -3.00. The Kier molecular flexibility index (Phi) is 6.84. The maximum absolute atomic E-state index is 12.6. The highest BCUT2D eigenvalue weighted by Crippen LogP contribution is 2.19. The van der Waals surface area contributed by atoms with Gasteiger partial charge >= 0.3 is 5.97 Å². The van der Waals surface area contributed by atoms with Gasteiger partial charge < -0.3 is 14.5 Å². The van der Waals surface area contributed by atoms with Gasteiger partial charge in [-0.2, -0.15) is 0 Å². The molecule has 0 aliphatic heterocycles. The van der Waals surface area contributed by atoms with E-state index in [2.05, 4.69) is 11.2 Å². The van der Waals surface area contributed by atoms with Crippen molar-refractivity contribution < 1.29 is 18.7 Å². The van der Waals surface area contributed by atoms with Gasteiger partial charge in [0, 0.05) is 16.8 Å². The molecule has 0 aliphatic carbocycles. The van der Waals surface area contributed by atoms with Crippen molar-refractivity contribution in [3.8, 4) is 12.3 Å². The lowest BCUT2D eigenvalue weighted by atomic mass is 10.0. The van der Waals surface area contributed by atoms with Crippen molar-refractivity contribution in [1.82, 2.24) is 0 Å². The Bertz CT molecular complexity index is 857. The zero-order valence-corrected chi connectivity index (χ0v) is 16.2. The number of carbonyl (C=O) groups excluding carboxylic acids is 2. The second kappa shape index (κ2) is 9.09. The fraction of sp³-hybridized carbons (Fsp3) is 0.364. The summed E-state index contributed by atoms with van der Waals surface area (Å²) in [5.74, 6) is 3.51. The van der Waals surface area contributed by atoms with Crippen LogP contribution in [-0.2, 0) is 22.6 Å². The normalized spacial score (nSPS) is 11.7. The van der Waals surface area contributed by atoms with Crippen molar-refractivity contribution in [2.75, 3.05) is 5.32 Å². The second-order valence-electron chi connectivity index (χ2n) is 6.79. The summed E-state index contributed by atoms with van der Waals surface area (Å²) in [6.45, 7) is 7.31. The Morgan fingerprint density at radius 2 is 2.04 bits per heavy atom. The molecule has 0 aliphatic rings. The van der Waals surface area contributed by atoms with E-state index in [1.165, 1.54) is 6.92 Å². The number of benzene rings is 1. The first-order valence-electron chi connectivity index (χ1n) is 8.87. The van der Waals surface area contributed by atoms with Gasteiger partial charge in [-0.05, 0) is 38.0 Å². The molecule has 1 atom stereocenters. The van der Waals surface area contributed by atoms with Crippen molar-refractivity contribution in [3.63, 3.8) is 0 Å². The van der Waals surface area contributed by atoms with Gasteiger partial charge in [-0.3, -0.25) is 4.79 Å². The third-order valence-electron chi connectivity index (χ3n) is 4.23. The van der Waals surface area contributed by atoms with Crippen molar-refractivity contribution in [2.45, 2.75) is 46.8 Å². The van der Waals surface area contributed by atoms with E-state index in [1.807, 2.05) is 32.9 Å². The summed E-state index contributed by atoms with van der Waals surface area (Å²) >= 11 is 0. The highest BCUT2D eigenvalue weighted by atomic mass is 16.5. The van der Waals surface area contributed by atoms with Crippen LogP contribution < -0.4 is 5.32 Å². The van der Waals surface area contributed by atoms with E-state index in [0.29, 0.717) is 29.2 Å². The molecule has 5 heteroatoms. The first kappa shape index (κ1) is 20.3. The number of anilines is 1. The molecule has 0 bridgehead atoms. The first-order valence-corrected chi connectivity index (χ1v) is 8.87. The largest absolute Gasteiger partial charge is 0.465 e. The van der Waals surface area contributed by atoms with Crippen LogP contribution in [0.2, 0.25) is 0 Å². The molecule has 2 rings (SSSR count). The van der Waals surface area contributed by atoms with Crippen LogP contribution in [0.1, 0.15) is 48.2 Å². The maximum atomic E-state index is 12.6. The lowest BCUT2D eigenvalue weighted by Gasteiger charge is -2.22. The van der Waals surface area contributed by atoms with Gasteiger partial charge in [0.1, 0.15) is 24.2 Å². The summed E-state index contributed by atoms with van der Waals surface area (Å²) in [4.78, 5) is 24.2. The zero-order chi connectivity index (χ0) is 20.0. The number of hydrogen-bond acceptors (Lipinski definition) is 5. The molecule has 2 aromatic rings. The fourth-order valence-corrected chi connectivity index (χ4v) is 2.66. The van der Waals surface area contributed by atoms with E-state index < -0.39 is 6.04 Å². The molecule has 0 radical (unpaired) electrons. The molecular weight excluding hydrogens is 342 g/mol. The Labute approximate surface area is 160 Å². The smallest absolute Gasteiger partial charge is 0.329 e. The van der Waals surface area contributed by atoms with Gasteiger partial charge in [0.25, 0.3) is 0 Å². The Morgan fingerprint density at radius 3 is 2.67 bits per heavy atom. The standard InChI is InChI=1S/C22H25NO4/c1-6-8-20-12-18(16(5)27-20)13-26-22(25)21(14(2)3)23-19-10-7-9-17(11-19)15(4)24/h1,7,9-12,14,21,23H,8,13H2,2-5H3. The van der Waals surface area contributed by atoms with E-state index in [-0.39, 0.29) is 24.3 Å². The van der Waals surface area contributed by atoms with Crippen LogP contribution in [0.15, 0.2) is 34.7 Å². The Balaban J connectivity index is 2.06. The van der Waals surface area contributed by atoms with E-state index in [4.69, 9.17) is 15.6 Å². The van der Waals surface area contributed by atoms with Crippen LogP contribution in [0.25, 0.3) is 0 Å². The minimum atomic E-state index is -0.537. The molecule has 5 nitrogen and oxygen atoms in total. The number of nitrogens with one attached hydrogen (secondary N) is 1. The number of ether oxygens (including phenoxy) is 1.